The van der Waals surface area contributed by atoms with Gasteiger partial charge in [-0.05, 0) is 47.5 Å². The molecule has 0 N–H and O–H groups in total. The van der Waals surface area contributed by atoms with E-state index in [-0.39, 0.29) is 0 Å². The van der Waals surface area contributed by atoms with Crippen molar-refractivity contribution < 1.29 is 4.74 Å². The van der Waals surface area contributed by atoms with Crippen molar-refractivity contribution in [2.24, 2.45) is 0 Å². The van der Waals surface area contributed by atoms with Crippen LogP contribution >= 0.6 is 0 Å². The molecular weight excluding hydrogens is 442 g/mol. The highest BCUT2D eigenvalue weighted by Gasteiger charge is 2.26. The van der Waals surface area contributed by atoms with E-state index in [0.29, 0.717) is 5.65 Å². The lowest BCUT2D eigenvalue weighted by Gasteiger charge is -2.32. The molecule has 0 saturated heterocycles. The molecule has 2 aromatic heterocycles. The van der Waals surface area contributed by atoms with Gasteiger partial charge in [-0.3, -0.25) is 0 Å². The largest absolute Gasteiger partial charge is 0.453 e. The lowest BCUT2D eigenvalue weighted by atomic mass is 9.99. The van der Waals surface area contributed by atoms with E-state index in [1.165, 1.54) is 0 Å². The molecule has 0 radical (unpaired) electrons. The van der Waals surface area contributed by atoms with Crippen LogP contribution in [0.2, 0.25) is 0 Å². The monoisotopic (exact) mass is 463 g/mol. The Labute approximate surface area is 209 Å². The Balaban J connectivity index is 1.47. The van der Waals surface area contributed by atoms with E-state index in [1.54, 1.807) is 0 Å². The van der Waals surface area contributed by atoms with Crippen molar-refractivity contribution in [3.63, 3.8) is 0 Å². The average Bonchev–Trinajstić information content (AvgIpc) is 2.96. The fourth-order valence-corrected chi connectivity index (χ4v) is 4.81. The Morgan fingerprint density at radius 1 is 0.583 bits per heavy atom. The summed E-state index contributed by atoms with van der Waals surface area (Å²) in [6.45, 7) is 0. The van der Waals surface area contributed by atoms with Gasteiger partial charge < -0.3 is 9.64 Å². The molecule has 4 heteroatoms. The normalized spacial score (nSPS) is 12.1. The van der Waals surface area contributed by atoms with Gasteiger partial charge in [-0.1, -0.05) is 84.9 Å². The number of hydrogen-bond donors (Lipinski definition) is 0. The number of para-hydroxylation sites is 4. The zero-order chi connectivity index (χ0) is 23.9. The molecule has 0 atom stereocenters. The predicted octanol–water partition coefficient (Wildman–Crippen LogP) is 8.54. The third kappa shape index (κ3) is 3.39. The Morgan fingerprint density at radius 2 is 1.17 bits per heavy atom. The van der Waals surface area contributed by atoms with Crippen LogP contribution in [0.3, 0.4) is 0 Å². The van der Waals surface area contributed by atoms with Gasteiger partial charge in [0.1, 0.15) is 0 Å². The summed E-state index contributed by atoms with van der Waals surface area (Å²) in [6.07, 6.45) is 1.90. The molecule has 170 valence electrons. The van der Waals surface area contributed by atoms with Crippen molar-refractivity contribution in [1.29, 1.82) is 0 Å². The van der Waals surface area contributed by atoms with Crippen LogP contribution in [0.25, 0.3) is 33.4 Å². The number of rotatable bonds is 3. The summed E-state index contributed by atoms with van der Waals surface area (Å²) in [5.74, 6) is 1.63. The van der Waals surface area contributed by atoms with Gasteiger partial charge in [0.15, 0.2) is 17.1 Å². The van der Waals surface area contributed by atoms with Crippen molar-refractivity contribution in [2.75, 3.05) is 4.90 Å². The van der Waals surface area contributed by atoms with Gasteiger partial charge in [0.25, 0.3) is 0 Å². The second kappa shape index (κ2) is 8.36. The molecule has 0 saturated carbocycles. The summed E-state index contributed by atoms with van der Waals surface area (Å²) in [5, 5.41) is 1.000. The van der Waals surface area contributed by atoms with Crippen molar-refractivity contribution >= 4 is 28.1 Å². The first-order chi connectivity index (χ1) is 17.8. The highest BCUT2D eigenvalue weighted by atomic mass is 16.5. The molecule has 0 amide bonds. The van der Waals surface area contributed by atoms with E-state index in [9.17, 15) is 0 Å². The summed E-state index contributed by atoms with van der Waals surface area (Å²) in [7, 11) is 0. The minimum atomic E-state index is 0.716. The SMILES string of the molecule is c1ccc(-c2cc(-c3ccccc3)c3cc(N4c5ccccc5Oc5ccccc54)cnc3n2)cc1. The first-order valence-corrected chi connectivity index (χ1v) is 11.9. The molecule has 0 spiro atoms. The first-order valence-electron chi connectivity index (χ1n) is 11.9. The van der Waals surface area contributed by atoms with E-state index >= 15 is 0 Å². The van der Waals surface area contributed by atoms with Crippen LogP contribution in [0.1, 0.15) is 0 Å². The lowest BCUT2D eigenvalue weighted by molar-refractivity contribution is 0.477. The maximum absolute atomic E-state index is 6.20. The second-order valence-corrected chi connectivity index (χ2v) is 8.72. The number of pyridine rings is 2. The number of ether oxygens (including phenoxy) is 1. The van der Waals surface area contributed by atoms with Gasteiger partial charge in [0, 0.05) is 10.9 Å². The van der Waals surface area contributed by atoms with E-state index < -0.39 is 0 Å². The quantitative estimate of drug-likeness (QED) is 0.263. The highest BCUT2D eigenvalue weighted by molar-refractivity contribution is 5.98. The zero-order valence-electron chi connectivity index (χ0n) is 19.4. The van der Waals surface area contributed by atoms with Crippen molar-refractivity contribution in [3.8, 4) is 33.9 Å². The molecule has 6 aromatic rings. The Hall–Kier alpha value is -4.96. The molecule has 1 aliphatic rings. The Bertz CT molecular complexity index is 1670. The molecule has 3 heterocycles. The molecule has 0 bridgehead atoms. The zero-order valence-corrected chi connectivity index (χ0v) is 19.4. The minimum Gasteiger partial charge on any atom is -0.453 e. The van der Waals surface area contributed by atoms with Crippen LogP contribution in [0.4, 0.5) is 17.1 Å². The number of fused-ring (bicyclic) bond motifs is 3. The lowest BCUT2D eigenvalue weighted by Crippen LogP contribution is -2.16. The summed E-state index contributed by atoms with van der Waals surface area (Å²) >= 11 is 0. The summed E-state index contributed by atoms with van der Waals surface area (Å²) in [4.78, 5) is 12.0. The Morgan fingerprint density at radius 3 is 1.83 bits per heavy atom. The van der Waals surface area contributed by atoms with Crippen molar-refractivity contribution in [1.82, 2.24) is 9.97 Å². The minimum absolute atomic E-state index is 0.716. The summed E-state index contributed by atoms with van der Waals surface area (Å²) in [5.41, 5.74) is 7.83. The van der Waals surface area contributed by atoms with Crippen LogP contribution in [0, 0.1) is 0 Å². The second-order valence-electron chi connectivity index (χ2n) is 8.72. The van der Waals surface area contributed by atoms with Crippen LogP contribution in [0.5, 0.6) is 11.5 Å². The molecule has 0 aliphatic carbocycles. The van der Waals surface area contributed by atoms with Crippen LogP contribution in [-0.4, -0.2) is 9.97 Å². The standard InChI is InChI=1S/C32H21N3O/c1-3-11-22(12-4-1)25-20-27(23-13-5-2-6-14-23)34-32-26(25)19-24(21-33-32)35-28-15-7-9-17-30(28)36-31-18-10-8-16-29(31)35/h1-21H. The first kappa shape index (κ1) is 20.4. The maximum atomic E-state index is 6.20. The van der Waals surface area contributed by atoms with Gasteiger partial charge in [-0.25, -0.2) is 9.97 Å². The Kier molecular flexibility index (Phi) is 4.74. The topological polar surface area (TPSA) is 38.2 Å². The van der Waals surface area contributed by atoms with E-state index in [1.807, 2.05) is 66.9 Å². The van der Waals surface area contributed by atoms with Gasteiger partial charge in [0.2, 0.25) is 0 Å². The van der Waals surface area contributed by atoms with Crippen LogP contribution < -0.4 is 9.64 Å². The number of aromatic nitrogens is 2. The molecule has 1 aliphatic heterocycles. The fourth-order valence-electron chi connectivity index (χ4n) is 4.81. The van der Waals surface area contributed by atoms with Crippen LogP contribution in [0.15, 0.2) is 128 Å². The molecule has 0 fully saturated rings. The summed E-state index contributed by atoms with van der Waals surface area (Å²) in [6, 6.07) is 41.2. The fraction of sp³-hybridized carbons (Fsp3) is 0. The molecule has 36 heavy (non-hydrogen) atoms. The summed E-state index contributed by atoms with van der Waals surface area (Å²) < 4.78 is 6.20. The van der Waals surface area contributed by atoms with E-state index in [2.05, 4.69) is 65.6 Å². The van der Waals surface area contributed by atoms with Crippen LogP contribution in [-0.2, 0) is 0 Å². The van der Waals surface area contributed by atoms with Gasteiger partial charge in [-0.2, -0.15) is 0 Å². The average molecular weight is 464 g/mol. The number of anilines is 3. The molecular formula is C32H21N3O. The predicted molar refractivity (Wildman–Crippen MR) is 145 cm³/mol. The highest BCUT2D eigenvalue weighted by Crippen LogP contribution is 2.50. The number of hydrogen-bond acceptors (Lipinski definition) is 4. The van der Waals surface area contributed by atoms with Crippen molar-refractivity contribution in [3.05, 3.63) is 128 Å². The number of nitrogens with zero attached hydrogens (tertiary/aromatic N) is 3. The third-order valence-corrected chi connectivity index (χ3v) is 6.49. The van der Waals surface area contributed by atoms with E-state index in [4.69, 9.17) is 14.7 Å². The smallest absolute Gasteiger partial charge is 0.160 e. The van der Waals surface area contributed by atoms with E-state index in [0.717, 1.165) is 56.3 Å². The molecule has 0 unspecified atom stereocenters. The van der Waals surface area contributed by atoms with Gasteiger partial charge in [-0.15, -0.1) is 0 Å². The molecule has 4 nitrogen and oxygen atoms in total. The molecule has 7 rings (SSSR count). The maximum Gasteiger partial charge on any atom is 0.160 e. The number of benzene rings is 4. The van der Waals surface area contributed by atoms with Crippen molar-refractivity contribution in [2.45, 2.75) is 0 Å². The molecule has 4 aromatic carbocycles. The van der Waals surface area contributed by atoms with Gasteiger partial charge >= 0.3 is 0 Å². The third-order valence-electron chi connectivity index (χ3n) is 6.49. The van der Waals surface area contributed by atoms with Gasteiger partial charge in [0.05, 0.1) is 29.0 Å².